The highest BCUT2D eigenvalue weighted by atomic mass is 19.1. The first-order valence-corrected chi connectivity index (χ1v) is 11.2. The zero-order valence-electron chi connectivity index (χ0n) is 18.3. The van der Waals surface area contributed by atoms with E-state index in [1.54, 1.807) is 18.2 Å². The minimum absolute atomic E-state index is 0.217. The predicted molar refractivity (Wildman–Crippen MR) is 122 cm³/mol. The quantitative estimate of drug-likeness (QED) is 0.396. The van der Waals surface area contributed by atoms with Gasteiger partial charge in [0.05, 0.1) is 29.2 Å². The van der Waals surface area contributed by atoms with Gasteiger partial charge in [0.15, 0.2) is 0 Å². The number of benzene rings is 2. The minimum atomic E-state index is -0.361. The molecule has 4 aromatic rings. The van der Waals surface area contributed by atoms with Gasteiger partial charge < -0.3 is 9.72 Å². The van der Waals surface area contributed by atoms with Crippen LogP contribution < -0.4 is 0 Å². The van der Waals surface area contributed by atoms with Gasteiger partial charge in [-0.3, -0.25) is 4.98 Å². The number of carbonyl (C=O) groups excluding carboxylic acids is 1. The van der Waals surface area contributed by atoms with E-state index in [0.717, 1.165) is 53.4 Å². The van der Waals surface area contributed by atoms with Gasteiger partial charge in [-0.05, 0) is 79.5 Å². The first-order chi connectivity index (χ1) is 15.5. The first-order valence-electron chi connectivity index (χ1n) is 11.2. The number of nitrogens with one attached hydrogen (secondary N) is 1. The lowest BCUT2D eigenvalue weighted by molar-refractivity contribution is 0.0603. The number of methoxy groups -OCH3 is 1. The lowest BCUT2D eigenvalue weighted by Crippen LogP contribution is -2.19. The molecule has 1 atom stereocenters. The summed E-state index contributed by atoms with van der Waals surface area (Å²) in [6.07, 6.45) is 6.09. The van der Waals surface area contributed by atoms with E-state index >= 15 is 0 Å². The van der Waals surface area contributed by atoms with Crippen molar-refractivity contribution in [3.8, 4) is 0 Å². The van der Waals surface area contributed by atoms with Crippen molar-refractivity contribution in [2.75, 3.05) is 7.11 Å². The summed E-state index contributed by atoms with van der Waals surface area (Å²) in [5.74, 6) is 1.49. The maximum atomic E-state index is 13.9. The molecule has 0 unspecified atom stereocenters. The number of para-hydroxylation sites is 1. The highest BCUT2D eigenvalue weighted by molar-refractivity contribution is 6.01. The molecule has 1 saturated carbocycles. The molecule has 1 aliphatic rings. The summed E-state index contributed by atoms with van der Waals surface area (Å²) < 4.78 is 18.8. The summed E-state index contributed by atoms with van der Waals surface area (Å²) in [6.45, 7) is 2.21. The second kappa shape index (κ2) is 8.34. The fourth-order valence-corrected chi connectivity index (χ4v) is 5.20. The monoisotopic (exact) mass is 431 g/mol. The van der Waals surface area contributed by atoms with Crippen LogP contribution in [0.1, 0.15) is 66.2 Å². The molecule has 1 aliphatic carbocycles. The van der Waals surface area contributed by atoms with Gasteiger partial charge in [0.2, 0.25) is 0 Å². The predicted octanol–water partition coefficient (Wildman–Crippen LogP) is 6.11. The van der Waals surface area contributed by atoms with Crippen molar-refractivity contribution in [2.45, 2.75) is 44.4 Å². The number of nitrogens with zero attached hydrogens (tertiary/aromatic N) is 2. The van der Waals surface area contributed by atoms with Crippen LogP contribution in [-0.4, -0.2) is 28.0 Å². The Hall–Kier alpha value is -3.28. The summed E-state index contributed by atoms with van der Waals surface area (Å²) in [5.41, 5.74) is 4.08. The summed E-state index contributed by atoms with van der Waals surface area (Å²) in [5, 5.41) is 0.927. The van der Waals surface area contributed by atoms with Gasteiger partial charge >= 0.3 is 5.97 Å². The number of rotatable bonds is 4. The molecule has 0 aliphatic heterocycles. The van der Waals surface area contributed by atoms with Crippen LogP contribution in [0, 0.1) is 11.7 Å². The number of ether oxygens (including phenoxy) is 1. The van der Waals surface area contributed by atoms with Crippen molar-refractivity contribution in [1.82, 2.24) is 15.0 Å². The van der Waals surface area contributed by atoms with E-state index in [-0.39, 0.29) is 17.7 Å². The Kier molecular flexibility index (Phi) is 5.37. The van der Waals surface area contributed by atoms with Gasteiger partial charge in [-0.25, -0.2) is 14.2 Å². The highest BCUT2D eigenvalue weighted by Gasteiger charge is 2.29. The van der Waals surface area contributed by atoms with Crippen molar-refractivity contribution < 1.29 is 13.9 Å². The second-order valence-corrected chi connectivity index (χ2v) is 8.78. The molecule has 0 saturated heterocycles. The van der Waals surface area contributed by atoms with Gasteiger partial charge in [0, 0.05) is 17.5 Å². The molecule has 1 N–H and O–H groups in total. The Morgan fingerprint density at radius 2 is 1.94 bits per heavy atom. The summed E-state index contributed by atoms with van der Waals surface area (Å²) >= 11 is 0. The standard InChI is InChI=1S/C26H26FN3O2/c1-15(25-29-23-5-3-4-20(24(23)30-25)26(31)32-2)16-6-8-17(9-7-16)19-12-13-28-22-11-10-18(27)14-21(19)22/h3-5,10-17H,6-9H2,1-2H3,(H,29,30)/t15-,16-,17+/m1/s1. The van der Waals surface area contributed by atoms with Crippen molar-refractivity contribution in [3.63, 3.8) is 0 Å². The van der Waals surface area contributed by atoms with Crippen LogP contribution in [0.4, 0.5) is 4.39 Å². The number of pyridine rings is 1. The molecular weight excluding hydrogens is 405 g/mol. The molecule has 2 aromatic heterocycles. The summed E-state index contributed by atoms with van der Waals surface area (Å²) in [6, 6.07) is 12.4. The number of imidazole rings is 1. The maximum absolute atomic E-state index is 13.9. The van der Waals surface area contributed by atoms with E-state index in [0.29, 0.717) is 17.4 Å². The molecule has 0 radical (unpaired) electrons. The van der Waals surface area contributed by atoms with Gasteiger partial charge in [0.1, 0.15) is 11.6 Å². The molecule has 1 fully saturated rings. The van der Waals surface area contributed by atoms with Gasteiger partial charge in [-0.15, -0.1) is 0 Å². The van der Waals surface area contributed by atoms with Crippen LogP contribution in [0.2, 0.25) is 0 Å². The minimum Gasteiger partial charge on any atom is -0.465 e. The Balaban J connectivity index is 1.35. The Morgan fingerprint density at radius 1 is 1.12 bits per heavy atom. The molecule has 5 nitrogen and oxygen atoms in total. The molecule has 2 aromatic carbocycles. The number of aromatic nitrogens is 3. The number of esters is 1. The highest BCUT2D eigenvalue weighted by Crippen LogP contribution is 2.43. The molecular formula is C26H26FN3O2. The molecule has 5 rings (SSSR count). The normalized spacial score (nSPS) is 19.8. The average Bonchev–Trinajstić information content (AvgIpc) is 3.27. The van der Waals surface area contributed by atoms with E-state index in [1.165, 1.54) is 18.7 Å². The number of hydrogen-bond donors (Lipinski definition) is 1. The van der Waals surface area contributed by atoms with Crippen LogP contribution in [-0.2, 0) is 4.74 Å². The fraction of sp³-hybridized carbons (Fsp3) is 0.346. The van der Waals surface area contributed by atoms with Gasteiger partial charge in [-0.1, -0.05) is 13.0 Å². The number of carbonyl (C=O) groups is 1. The molecule has 164 valence electrons. The van der Waals surface area contributed by atoms with Gasteiger partial charge in [-0.2, -0.15) is 0 Å². The number of fused-ring (bicyclic) bond motifs is 2. The van der Waals surface area contributed by atoms with Crippen molar-refractivity contribution in [3.05, 3.63) is 71.4 Å². The number of H-pyrrole nitrogens is 1. The Labute approximate surface area is 186 Å². The first kappa shape index (κ1) is 20.6. The average molecular weight is 432 g/mol. The third kappa shape index (κ3) is 3.64. The van der Waals surface area contributed by atoms with Crippen LogP contribution >= 0.6 is 0 Å². The second-order valence-electron chi connectivity index (χ2n) is 8.78. The van der Waals surface area contributed by atoms with E-state index in [1.807, 2.05) is 24.4 Å². The number of halogens is 1. The molecule has 0 amide bonds. The zero-order chi connectivity index (χ0) is 22.2. The Morgan fingerprint density at radius 3 is 2.72 bits per heavy atom. The van der Waals surface area contributed by atoms with Crippen molar-refractivity contribution in [1.29, 1.82) is 0 Å². The summed E-state index contributed by atoms with van der Waals surface area (Å²) in [4.78, 5) is 24.7. The molecule has 32 heavy (non-hydrogen) atoms. The fourth-order valence-electron chi connectivity index (χ4n) is 5.20. The maximum Gasteiger partial charge on any atom is 0.340 e. The van der Waals surface area contributed by atoms with Gasteiger partial charge in [0.25, 0.3) is 0 Å². The van der Waals surface area contributed by atoms with Crippen LogP contribution in [0.5, 0.6) is 0 Å². The largest absolute Gasteiger partial charge is 0.465 e. The van der Waals surface area contributed by atoms with Crippen molar-refractivity contribution in [2.24, 2.45) is 5.92 Å². The third-order valence-corrected chi connectivity index (χ3v) is 7.03. The van der Waals surface area contributed by atoms with Crippen LogP contribution in [0.15, 0.2) is 48.7 Å². The number of hydrogen-bond acceptors (Lipinski definition) is 4. The lowest BCUT2D eigenvalue weighted by Gasteiger charge is -2.32. The lowest BCUT2D eigenvalue weighted by atomic mass is 9.73. The van der Waals surface area contributed by atoms with E-state index < -0.39 is 0 Å². The summed E-state index contributed by atoms with van der Waals surface area (Å²) in [7, 11) is 1.39. The molecule has 0 bridgehead atoms. The van der Waals surface area contributed by atoms with Crippen molar-refractivity contribution >= 4 is 27.9 Å². The molecule has 2 heterocycles. The molecule has 0 spiro atoms. The van der Waals surface area contributed by atoms with E-state index in [2.05, 4.69) is 16.9 Å². The SMILES string of the molecule is COC(=O)c1cccc2nc([C@H](C)[C@H]3CC[C@@H](c4ccnc5ccc(F)cc54)CC3)[nH]c12. The van der Waals surface area contributed by atoms with Crippen LogP contribution in [0.25, 0.3) is 21.9 Å². The molecule has 6 heteroatoms. The third-order valence-electron chi connectivity index (χ3n) is 7.03. The number of aromatic amines is 1. The van der Waals surface area contributed by atoms with E-state index in [9.17, 15) is 9.18 Å². The smallest absolute Gasteiger partial charge is 0.340 e. The zero-order valence-corrected chi connectivity index (χ0v) is 18.3. The van der Waals surface area contributed by atoms with Crippen LogP contribution in [0.3, 0.4) is 0 Å². The topological polar surface area (TPSA) is 67.9 Å². The Bertz CT molecular complexity index is 1290. The van der Waals surface area contributed by atoms with E-state index in [4.69, 9.17) is 9.72 Å².